The maximum Gasteiger partial charge on any atom is 0.0517 e. The topological polar surface area (TPSA) is 6.48 Å². The minimum Gasteiger partial charge on any atom is -0.361 e. The third-order valence-electron chi connectivity index (χ3n) is 19.5. The lowest BCUT2D eigenvalue weighted by molar-refractivity contribution is 0.115. The summed E-state index contributed by atoms with van der Waals surface area (Å²) in [6.07, 6.45) is 46.6. The predicted octanol–water partition coefficient (Wildman–Crippen LogP) is 15.0. The molecule has 1 spiro atoms. The molecule has 11 atom stereocenters. The van der Waals surface area contributed by atoms with E-state index in [1.165, 1.54) is 99.6 Å². The average Bonchev–Trinajstić information content (AvgIpc) is 3.91. The highest BCUT2D eigenvalue weighted by molar-refractivity contribution is 5.73. The second-order valence-electron chi connectivity index (χ2n) is 22.4. The number of nitrogens with zero attached hydrogens (tertiary/aromatic N) is 2. The lowest BCUT2D eigenvalue weighted by Crippen LogP contribution is -2.53. The maximum absolute atomic E-state index is 3.02. The minimum atomic E-state index is 0.135. The standard InChI is InChI=1S/C62H70N2/c1-61(2)52-29-14-11-26-47(52)49-37-35-44(39-56(49)61)64(43-23-7-4-8-24-43)59-34-18-32-55-60(59)51-28-13-16-31-54(51)62(55)53-30-15-12-27-48(53)50-38-36-45(40-57(50)62)63(42-21-5-3-6-22-42)58-33-17-20-41-19-9-10-25-46(41)58/h4-5,7-8,10,12,15,17-18,20-21,23-25,27,30,32-33,35-38,42,44-45,50-51,54-55,57,59-60H,3,6,9,11,13-14,16,19,22,26,28-29,31,34,39-40H2,1-2H3/t42?,44?,45?,50?,51?,54?,55-,57?,59?,60?,62?/m0/s1. The number of allylic oxidation sites excluding steroid dienone is 8. The average molecular weight is 843 g/mol. The van der Waals surface area contributed by atoms with Crippen molar-refractivity contribution in [1.29, 1.82) is 0 Å². The summed E-state index contributed by atoms with van der Waals surface area (Å²) in [5, 5.41) is 0. The Morgan fingerprint density at radius 3 is 2.39 bits per heavy atom. The lowest BCUT2D eigenvalue weighted by Gasteiger charge is -2.51. The van der Waals surface area contributed by atoms with Crippen LogP contribution in [0, 0.1) is 35.0 Å². The summed E-state index contributed by atoms with van der Waals surface area (Å²) in [5.41, 5.74) is 16.4. The summed E-state index contributed by atoms with van der Waals surface area (Å²) >= 11 is 0. The Kier molecular flexibility index (Phi) is 9.65. The second kappa shape index (κ2) is 15.5. The molecule has 0 N–H and O–H groups in total. The Labute approximate surface area is 384 Å². The zero-order chi connectivity index (χ0) is 42.6. The molecule has 2 heteroatoms. The zero-order valence-corrected chi connectivity index (χ0v) is 38.7. The number of fused-ring (bicyclic) bond motifs is 12. The molecule has 10 aliphatic rings. The van der Waals surface area contributed by atoms with Crippen molar-refractivity contribution in [1.82, 2.24) is 0 Å². The van der Waals surface area contributed by atoms with Gasteiger partial charge in [0.2, 0.25) is 0 Å². The molecular weight excluding hydrogens is 773 g/mol. The summed E-state index contributed by atoms with van der Waals surface area (Å²) in [6.45, 7) is 5.14. The third-order valence-corrected chi connectivity index (χ3v) is 19.5. The zero-order valence-electron chi connectivity index (χ0n) is 38.7. The molecule has 3 aromatic carbocycles. The predicted molar refractivity (Wildman–Crippen MR) is 268 cm³/mol. The largest absolute Gasteiger partial charge is 0.361 e. The summed E-state index contributed by atoms with van der Waals surface area (Å²) in [4.78, 5) is 5.95. The van der Waals surface area contributed by atoms with Crippen molar-refractivity contribution >= 4 is 17.5 Å². The number of anilines is 2. The van der Waals surface area contributed by atoms with E-state index in [4.69, 9.17) is 0 Å². The monoisotopic (exact) mass is 843 g/mol. The van der Waals surface area contributed by atoms with Crippen LogP contribution in [0.1, 0.15) is 138 Å². The van der Waals surface area contributed by atoms with Crippen LogP contribution in [0.3, 0.4) is 0 Å². The van der Waals surface area contributed by atoms with Crippen LogP contribution in [-0.2, 0) is 11.8 Å². The lowest BCUT2D eigenvalue weighted by atomic mass is 9.56. The molecule has 10 unspecified atom stereocenters. The summed E-state index contributed by atoms with van der Waals surface area (Å²) in [6, 6.07) is 30.7. The van der Waals surface area contributed by atoms with Gasteiger partial charge in [0.15, 0.2) is 0 Å². The molecule has 0 bridgehead atoms. The molecule has 2 saturated carbocycles. The molecule has 0 amide bonds. The first kappa shape index (κ1) is 39.8. The fourth-order valence-electron chi connectivity index (χ4n) is 17.2. The summed E-state index contributed by atoms with van der Waals surface area (Å²) < 4.78 is 0. The van der Waals surface area contributed by atoms with E-state index in [1.54, 1.807) is 33.4 Å². The Morgan fingerprint density at radius 1 is 0.609 bits per heavy atom. The van der Waals surface area contributed by atoms with Gasteiger partial charge in [-0.15, -0.1) is 0 Å². The molecule has 328 valence electrons. The van der Waals surface area contributed by atoms with Gasteiger partial charge in [-0.1, -0.05) is 153 Å². The fraction of sp³-hybridized carbons (Fsp3) is 0.484. The normalized spacial score (nSPS) is 36.0. The minimum absolute atomic E-state index is 0.135. The van der Waals surface area contributed by atoms with Gasteiger partial charge >= 0.3 is 0 Å². The van der Waals surface area contributed by atoms with Crippen LogP contribution in [0.15, 0.2) is 150 Å². The van der Waals surface area contributed by atoms with E-state index < -0.39 is 0 Å². The van der Waals surface area contributed by atoms with Crippen LogP contribution in [0.2, 0.25) is 0 Å². The van der Waals surface area contributed by atoms with Crippen molar-refractivity contribution in [3.05, 3.63) is 172 Å². The molecule has 0 heterocycles. The molecular formula is C62H70N2. The first-order valence-corrected chi connectivity index (χ1v) is 26.2. The number of hydrogen-bond donors (Lipinski definition) is 0. The highest BCUT2D eigenvalue weighted by Crippen LogP contribution is 2.72. The second-order valence-corrected chi connectivity index (χ2v) is 22.4. The number of hydrogen-bond acceptors (Lipinski definition) is 2. The van der Waals surface area contributed by atoms with Crippen LogP contribution >= 0.6 is 0 Å². The first-order chi connectivity index (χ1) is 31.5. The number of benzene rings is 3. The highest BCUT2D eigenvalue weighted by atomic mass is 15.2. The van der Waals surface area contributed by atoms with Crippen molar-refractivity contribution in [3.8, 4) is 0 Å². The molecule has 13 rings (SSSR count). The number of rotatable bonds is 6. The van der Waals surface area contributed by atoms with Crippen molar-refractivity contribution in [2.75, 3.05) is 9.80 Å². The van der Waals surface area contributed by atoms with Gasteiger partial charge in [-0.3, -0.25) is 0 Å². The Morgan fingerprint density at radius 2 is 1.48 bits per heavy atom. The van der Waals surface area contributed by atoms with Crippen molar-refractivity contribution in [2.24, 2.45) is 35.0 Å². The maximum atomic E-state index is 3.02. The molecule has 0 radical (unpaired) electrons. The van der Waals surface area contributed by atoms with Crippen LogP contribution < -0.4 is 9.80 Å². The van der Waals surface area contributed by atoms with E-state index >= 15 is 0 Å². The number of aryl methyl sites for hydroxylation is 1. The van der Waals surface area contributed by atoms with Crippen LogP contribution in [0.4, 0.5) is 11.4 Å². The van der Waals surface area contributed by atoms with Crippen LogP contribution in [-0.4, -0.2) is 24.2 Å². The highest BCUT2D eigenvalue weighted by Gasteiger charge is 2.69. The summed E-state index contributed by atoms with van der Waals surface area (Å²) in [5.74, 6) is 3.66. The van der Waals surface area contributed by atoms with Gasteiger partial charge in [0.1, 0.15) is 0 Å². The van der Waals surface area contributed by atoms with E-state index in [0.717, 1.165) is 31.6 Å². The van der Waals surface area contributed by atoms with Crippen LogP contribution in [0.5, 0.6) is 0 Å². The molecule has 3 aromatic rings. The molecule has 64 heavy (non-hydrogen) atoms. The van der Waals surface area contributed by atoms with Crippen molar-refractivity contribution < 1.29 is 0 Å². The summed E-state index contributed by atoms with van der Waals surface area (Å²) in [7, 11) is 0. The molecule has 2 nitrogen and oxygen atoms in total. The Balaban J connectivity index is 0.922. The number of para-hydroxylation sites is 1. The van der Waals surface area contributed by atoms with E-state index in [1.807, 2.05) is 0 Å². The van der Waals surface area contributed by atoms with Gasteiger partial charge in [-0.25, -0.2) is 0 Å². The molecule has 0 aliphatic heterocycles. The van der Waals surface area contributed by atoms with Gasteiger partial charge in [-0.2, -0.15) is 0 Å². The quantitative estimate of drug-likeness (QED) is 0.228. The van der Waals surface area contributed by atoms with Crippen LogP contribution in [0.25, 0.3) is 6.08 Å². The third kappa shape index (κ3) is 5.81. The SMILES string of the molecule is CC1(C)C2=C(C=CC(N(c3ccccc3)C3CC=C[C@H]4C3C3CCCCC3C43c4ccccc4C4C=CC(N(c5cccc6c5C=CCC6)C5C=CCCC5)CC43)C2)C2=C1CCCC2. The molecule has 0 saturated heterocycles. The van der Waals surface area contributed by atoms with Crippen molar-refractivity contribution in [2.45, 2.75) is 152 Å². The Bertz CT molecular complexity index is 2540. The van der Waals surface area contributed by atoms with Gasteiger partial charge < -0.3 is 9.80 Å². The first-order valence-electron chi connectivity index (χ1n) is 26.2. The van der Waals surface area contributed by atoms with Gasteiger partial charge in [0.05, 0.1) is 6.04 Å². The molecule has 10 aliphatic carbocycles. The molecule has 2 fully saturated rings. The Hall–Kier alpha value is -4.56. The smallest absolute Gasteiger partial charge is 0.0517 e. The van der Waals surface area contributed by atoms with E-state index in [0.29, 0.717) is 53.8 Å². The van der Waals surface area contributed by atoms with E-state index in [2.05, 4.69) is 157 Å². The van der Waals surface area contributed by atoms with Crippen molar-refractivity contribution in [3.63, 3.8) is 0 Å². The van der Waals surface area contributed by atoms with E-state index in [9.17, 15) is 0 Å². The van der Waals surface area contributed by atoms with Gasteiger partial charge in [0.25, 0.3) is 0 Å². The van der Waals surface area contributed by atoms with E-state index in [-0.39, 0.29) is 10.8 Å². The molecule has 0 aromatic heterocycles. The van der Waals surface area contributed by atoms with Gasteiger partial charge in [0, 0.05) is 51.8 Å². The van der Waals surface area contributed by atoms with Gasteiger partial charge in [-0.05, 0) is 166 Å². The fourth-order valence-corrected chi connectivity index (χ4v) is 17.2.